The zero-order chi connectivity index (χ0) is 25.6. The molecule has 0 spiro atoms. The second-order valence-electron chi connectivity index (χ2n) is 8.80. The van der Waals surface area contributed by atoms with Crippen molar-refractivity contribution in [2.75, 3.05) is 0 Å². The first-order valence-electron chi connectivity index (χ1n) is 12.4. The van der Waals surface area contributed by atoms with Crippen molar-refractivity contribution in [3.63, 3.8) is 0 Å². The maximum absolute atomic E-state index is 2.21. The summed E-state index contributed by atoms with van der Waals surface area (Å²) in [6, 6.07) is 25.8. The highest BCUT2D eigenvalue weighted by Gasteiger charge is 1.91. The van der Waals surface area contributed by atoms with Crippen LogP contribution in [0.25, 0.3) is 24.3 Å². The van der Waals surface area contributed by atoms with Crippen molar-refractivity contribution >= 4 is 47.0 Å². The number of rotatable bonds is 8. The number of allylic oxidation sites excluding steroid dienone is 4. The predicted molar refractivity (Wildman–Crippen MR) is 179 cm³/mol. The molecule has 200 valence electrons. The van der Waals surface area contributed by atoms with E-state index in [0.29, 0.717) is 0 Å². The minimum absolute atomic E-state index is 0. The Labute approximate surface area is 240 Å². The highest BCUT2D eigenvalue weighted by Crippen LogP contribution is 2.18. The average molecular weight is 541 g/mol. The predicted octanol–water partition coefficient (Wildman–Crippen LogP) is 12.2. The van der Waals surface area contributed by atoms with Gasteiger partial charge in [0.15, 0.2) is 0 Å². The molecule has 0 aliphatic carbocycles. The van der Waals surface area contributed by atoms with Gasteiger partial charge in [-0.2, -0.15) is 0 Å². The molecule has 2 heteroatoms. The molecule has 0 unspecified atom stereocenters. The highest BCUT2D eigenvalue weighted by molar-refractivity contribution is 7.13. The molecule has 4 rings (SSSR count). The summed E-state index contributed by atoms with van der Waals surface area (Å²) in [6.45, 7) is 8.50. The van der Waals surface area contributed by atoms with Crippen molar-refractivity contribution in [1.82, 2.24) is 0 Å². The lowest BCUT2D eigenvalue weighted by atomic mass is 10.1. The van der Waals surface area contributed by atoms with Crippen LogP contribution in [0, 0.1) is 27.7 Å². The molecule has 0 amide bonds. The van der Waals surface area contributed by atoms with E-state index in [9.17, 15) is 0 Å². The van der Waals surface area contributed by atoms with E-state index in [4.69, 9.17) is 0 Å². The average Bonchev–Trinajstić information content (AvgIpc) is 3.49. The van der Waals surface area contributed by atoms with Crippen LogP contribution in [0.3, 0.4) is 0 Å². The van der Waals surface area contributed by atoms with Crippen molar-refractivity contribution < 1.29 is 0 Å². The molecule has 0 aliphatic rings. The van der Waals surface area contributed by atoms with Gasteiger partial charge in [-0.15, -0.1) is 22.7 Å². The Morgan fingerprint density at radius 3 is 1.11 bits per heavy atom. The van der Waals surface area contributed by atoms with Crippen LogP contribution in [0.1, 0.15) is 69.5 Å². The van der Waals surface area contributed by atoms with E-state index >= 15 is 0 Å². The molecule has 2 aromatic carbocycles. The first kappa shape index (κ1) is 32.8. The van der Waals surface area contributed by atoms with Crippen molar-refractivity contribution in [2.45, 2.75) is 55.4 Å². The summed E-state index contributed by atoms with van der Waals surface area (Å²) >= 11 is 3.67. The molecule has 0 radical (unpaired) electrons. The van der Waals surface area contributed by atoms with Gasteiger partial charge in [-0.1, -0.05) is 111 Å². The normalized spacial score (nSPS) is 11.1. The van der Waals surface area contributed by atoms with Gasteiger partial charge >= 0.3 is 0 Å². The van der Waals surface area contributed by atoms with Crippen molar-refractivity contribution in [3.05, 3.63) is 139 Å². The van der Waals surface area contributed by atoms with E-state index < -0.39 is 0 Å². The topological polar surface area (TPSA) is 0 Å². The summed E-state index contributed by atoms with van der Waals surface area (Å²) in [4.78, 5) is 5.41. The van der Waals surface area contributed by atoms with Crippen molar-refractivity contribution in [2.24, 2.45) is 0 Å². The Morgan fingerprint density at radius 2 is 0.789 bits per heavy atom. The number of hydrogen-bond donors (Lipinski definition) is 0. The van der Waals surface area contributed by atoms with E-state index in [1.54, 1.807) is 0 Å². The number of hydrogen-bond acceptors (Lipinski definition) is 2. The third-order valence-electron chi connectivity index (χ3n) is 5.41. The van der Waals surface area contributed by atoms with Gasteiger partial charge in [0.1, 0.15) is 0 Å². The molecule has 0 bridgehead atoms. The van der Waals surface area contributed by atoms with Crippen LogP contribution >= 0.6 is 22.7 Å². The smallest absolute Gasteiger partial charge is 0.0270 e. The van der Waals surface area contributed by atoms with Crippen molar-refractivity contribution in [3.8, 4) is 0 Å². The zero-order valence-electron chi connectivity index (χ0n) is 21.8. The molecular weight excluding hydrogens is 497 g/mol. The van der Waals surface area contributed by atoms with Gasteiger partial charge < -0.3 is 0 Å². The lowest BCUT2D eigenvalue weighted by Crippen LogP contribution is -1.74. The number of thiophene rings is 2. The van der Waals surface area contributed by atoms with E-state index in [1.165, 1.54) is 41.8 Å². The molecule has 0 N–H and O–H groups in total. The fourth-order valence-corrected chi connectivity index (χ4v) is 4.99. The zero-order valence-corrected chi connectivity index (χ0v) is 23.4. The van der Waals surface area contributed by atoms with Crippen LogP contribution in [-0.2, 0) is 0 Å². The van der Waals surface area contributed by atoms with Gasteiger partial charge in [0.25, 0.3) is 0 Å². The molecule has 0 nitrogen and oxygen atoms in total. The van der Waals surface area contributed by atoms with Crippen LogP contribution in [-0.4, -0.2) is 0 Å². The molecule has 2 heterocycles. The summed E-state index contributed by atoms with van der Waals surface area (Å²) in [7, 11) is 0. The SMILES string of the molecule is C.C.Cc1ccc(/C=C/C/C=C/c2ccc(C)cc2)cc1.Cc1ccc(/C=C/C/C=C/c2ccc(C)s2)s1. The van der Waals surface area contributed by atoms with Gasteiger partial charge in [0, 0.05) is 19.5 Å². The number of benzene rings is 2. The Hall–Kier alpha value is -3.20. The van der Waals surface area contributed by atoms with Crippen LogP contribution in [0.15, 0.2) is 97.1 Å². The minimum atomic E-state index is 0. The van der Waals surface area contributed by atoms with E-state index in [-0.39, 0.29) is 14.9 Å². The number of aryl methyl sites for hydroxylation is 4. The Morgan fingerprint density at radius 1 is 0.447 bits per heavy atom. The molecule has 0 atom stereocenters. The molecule has 0 fully saturated rings. The summed E-state index contributed by atoms with van der Waals surface area (Å²) in [5.41, 5.74) is 5.12. The van der Waals surface area contributed by atoms with Crippen LogP contribution in [0.4, 0.5) is 0 Å². The summed E-state index contributed by atoms with van der Waals surface area (Å²) in [6.07, 6.45) is 19.5. The van der Waals surface area contributed by atoms with Gasteiger partial charge in [-0.05, 0) is 88.1 Å². The lowest BCUT2D eigenvalue weighted by molar-refractivity contribution is 1.41. The third-order valence-corrected chi connectivity index (χ3v) is 7.34. The first-order valence-corrected chi connectivity index (χ1v) is 14.0. The molecule has 0 aliphatic heterocycles. The maximum atomic E-state index is 2.21. The molecule has 0 saturated carbocycles. The molecule has 4 aromatic rings. The fourth-order valence-electron chi connectivity index (χ4n) is 3.37. The molecule has 0 saturated heterocycles. The van der Waals surface area contributed by atoms with E-state index in [1.807, 2.05) is 22.7 Å². The van der Waals surface area contributed by atoms with Gasteiger partial charge in [0.2, 0.25) is 0 Å². The quantitative estimate of drug-likeness (QED) is 0.208. The highest BCUT2D eigenvalue weighted by atomic mass is 32.1. The second-order valence-corrected chi connectivity index (χ2v) is 11.4. The lowest BCUT2D eigenvalue weighted by Gasteiger charge is -1.95. The van der Waals surface area contributed by atoms with Crippen molar-refractivity contribution in [1.29, 1.82) is 0 Å². The van der Waals surface area contributed by atoms with Crippen LogP contribution < -0.4 is 0 Å². The largest absolute Gasteiger partial charge is 0.141 e. The third kappa shape index (κ3) is 12.9. The summed E-state index contributed by atoms with van der Waals surface area (Å²) in [5, 5.41) is 0. The molecule has 38 heavy (non-hydrogen) atoms. The first-order chi connectivity index (χ1) is 17.5. The fraction of sp³-hybridized carbons (Fsp3) is 0.222. The Bertz CT molecular complexity index is 1190. The summed E-state index contributed by atoms with van der Waals surface area (Å²) in [5.74, 6) is 0. The van der Waals surface area contributed by atoms with Gasteiger partial charge in [-0.25, -0.2) is 0 Å². The minimum Gasteiger partial charge on any atom is -0.141 e. The Kier molecular flexibility index (Phi) is 15.7. The standard InChI is InChI=1S/C19H20.C15H16S2.2CH4/c1-16-8-12-18(13-9-16)6-4-3-5-7-19-14-10-17(2)11-15-19;1-12-8-10-14(16-12)6-4-3-5-7-15-11-9-13(2)17-15;;/h4-15H,3H2,1-2H3;4-11H,3H2,1-2H3;2*1H4/b2*6-4+,7-5+;;. The summed E-state index contributed by atoms with van der Waals surface area (Å²) < 4.78 is 0. The maximum Gasteiger partial charge on any atom is 0.0270 e. The van der Waals surface area contributed by atoms with Gasteiger partial charge in [0.05, 0.1) is 0 Å². The molecule has 2 aromatic heterocycles. The Balaban J connectivity index is 0.000000363. The van der Waals surface area contributed by atoms with E-state index in [0.717, 1.165) is 12.8 Å². The van der Waals surface area contributed by atoms with Crippen LogP contribution in [0.5, 0.6) is 0 Å². The van der Waals surface area contributed by atoms with E-state index in [2.05, 4.69) is 149 Å². The second kappa shape index (κ2) is 18.1. The van der Waals surface area contributed by atoms with Crippen LogP contribution in [0.2, 0.25) is 0 Å². The van der Waals surface area contributed by atoms with Gasteiger partial charge in [-0.3, -0.25) is 0 Å². The monoisotopic (exact) mass is 540 g/mol. The molecular formula is C36H44S2.